The first-order chi connectivity index (χ1) is 9.58. The van der Waals surface area contributed by atoms with Crippen LogP contribution in [0.4, 0.5) is 0 Å². The molecule has 3 N–H and O–H groups in total. The fourth-order valence-electron chi connectivity index (χ4n) is 3.30. The molecular formula is C15H31Cl2N3O2. The summed E-state index contributed by atoms with van der Waals surface area (Å²) in [6.07, 6.45) is 2.77. The van der Waals surface area contributed by atoms with Crippen LogP contribution >= 0.6 is 24.8 Å². The number of rotatable bonds is 5. The molecule has 0 aromatic rings. The first kappa shape index (κ1) is 21.9. The van der Waals surface area contributed by atoms with Crippen molar-refractivity contribution in [3.8, 4) is 0 Å². The molecule has 3 atom stereocenters. The SMILES string of the molecule is CC(C)C(CNC(=O)C1CCC(N)C1)N1CCOCC1.Cl.Cl. The van der Waals surface area contributed by atoms with Crippen molar-refractivity contribution in [2.75, 3.05) is 32.8 Å². The van der Waals surface area contributed by atoms with E-state index in [1.54, 1.807) is 0 Å². The monoisotopic (exact) mass is 355 g/mol. The Morgan fingerprint density at radius 2 is 1.91 bits per heavy atom. The third kappa shape index (κ3) is 6.20. The molecule has 2 aliphatic rings. The van der Waals surface area contributed by atoms with Crippen LogP contribution in [0.1, 0.15) is 33.1 Å². The first-order valence-corrected chi connectivity index (χ1v) is 7.93. The second-order valence-corrected chi connectivity index (χ2v) is 6.47. The van der Waals surface area contributed by atoms with Crippen molar-refractivity contribution in [1.29, 1.82) is 0 Å². The zero-order valence-corrected chi connectivity index (χ0v) is 15.3. The van der Waals surface area contributed by atoms with Gasteiger partial charge in [0.1, 0.15) is 0 Å². The highest BCUT2D eigenvalue weighted by atomic mass is 35.5. The van der Waals surface area contributed by atoms with Crippen molar-refractivity contribution in [3.63, 3.8) is 0 Å². The van der Waals surface area contributed by atoms with Gasteiger partial charge in [0.15, 0.2) is 0 Å². The van der Waals surface area contributed by atoms with Crippen LogP contribution in [-0.4, -0.2) is 55.7 Å². The summed E-state index contributed by atoms with van der Waals surface area (Å²) in [6, 6.07) is 0.615. The molecule has 2 fully saturated rings. The van der Waals surface area contributed by atoms with Gasteiger partial charge in [-0.3, -0.25) is 9.69 Å². The van der Waals surface area contributed by atoms with E-state index in [1.165, 1.54) is 0 Å². The molecule has 0 aromatic heterocycles. The smallest absolute Gasteiger partial charge is 0.223 e. The van der Waals surface area contributed by atoms with Gasteiger partial charge in [0.25, 0.3) is 0 Å². The lowest BCUT2D eigenvalue weighted by atomic mass is 10.0. The standard InChI is InChI=1S/C15H29N3O2.2ClH/c1-11(2)14(18-5-7-20-8-6-18)10-17-15(19)12-3-4-13(16)9-12;;/h11-14H,3-10,16H2,1-2H3,(H,17,19);2*1H. The molecule has 7 heteroatoms. The number of carbonyl (C=O) groups excluding carboxylic acids is 1. The number of nitrogens with zero attached hydrogens (tertiary/aromatic N) is 1. The lowest BCUT2D eigenvalue weighted by molar-refractivity contribution is -0.125. The van der Waals surface area contributed by atoms with E-state index < -0.39 is 0 Å². The molecule has 1 heterocycles. The zero-order valence-electron chi connectivity index (χ0n) is 13.6. The van der Waals surface area contributed by atoms with Gasteiger partial charge >= 0.3 is 0 Å². The van der Waals surface area contributed by atoms with E-state index in [0.29, 0.717) is 12.0 Å². The van der Waals surface area contributed by atoms with Gasteiger partial charge in [-0.05, 0) is 25.2 Å². The predicted octanol–water partition coefficient (Wildman–Crippen LogP) is 1.43. The second-order valence-electron chi connectivity index (χ2n) is 6.47. The Hall–Kier alpha value is -0.0700. The van der Waals surface area contributed by atoms with Crippen molar-refractivity contribution in [2.24, 2.45) is 17.6 Å². The Kier molecular flexibility index (Phi) is 10.6. The normalized spacial score (nSPS) is 26.9. The summed E-state index contributed by atoms with van der Waals surface area (Å²) < 4.78 is 5.41. The van der Waals surface area contributed by atoms with Crippen LogP contribution in [0.3, 0.4) is 0 Å². The molecule has 1 amide bonds. The number of morpholine rings is 1. The van der Waals surface area contributed by atoms with E-state index in [0.717, 1.165) is 52.1 Å². The number of nitrogens with one attached hydrogen (secondary N) is 1. The van der Waals surface area contributed by atoms with Crippen molar-refractivity contribution >= 4 is 30.7 Å². The van der Waals surface area contributed by atoms with Gasteiger partial charge in [-0.15, -0.1) is 24.8 Å². The highest BCUT2D eigenvalue weighted by molar-refractivity contribution is 5.85. The Balaban J connectivity index is 0.00000220. The fraction of sp³-hybridized carbons (Fsp3) is 0.933. The average molecular weight is 356 g/mol. The molecule has 3 unspecified atom stereocenters. The summed E-state index contributed by atoms with van der Waals surface area (Å²) in [5, 5.41) is 3.15. The fourth-order valence-corrected chi connectivity index (χ4v) is 3.30. The largest absolute Gasteiger partial charge is 0.379 e. The third-order valence-corrected chi connectivity index (χ3v) is 4.61. The van der Waals surface area contributed by atoms with Crippen LogP contribution in [0, 0.1) is 11.8 Å². The van der Waals surface area contributed by atoms with Crippen LogP contribution < -0.4 is 11.1 Å². The molecule has 0 spiro atoms. The molecule has 1 aliphatic heterocycles. The van der Waals surface area contributed by atoms with Crippen LogP contribution in [0.2, 0.25) is 0 Å². The van der Waals surface area contributed by atoms with Crippen molar-refractivity contribution in [3.05, 3.63) is 0 Å². The topological polar surface area (TPSA) is 67.6 Å². The third-order valence-electron chi connectivity index (χ3n) is 4.61. The van der Waals surface area contributed by atoms with E-state index >= 15 is 0 Å². The summed E-state index contributed by atoms with van der Waals surface area (Å²) in [7, 11) is 0. The van der Waals surface area contributed by atoms with Crippen molar-refractivity contribution in [2.45, 2.75) is 45.2 Å². The Morgan fingerprint density at radius 1 is 1.27 bits per heavy atom. The summed E-state index contributed by atoms with van der Waals surface area (Å²) in [5.41, 5.74) is 5.88. The molecule has 1 saturated heterocycles. The van der Waals surface area contributed by atoms with Gasteiger partial charge in [0.05, 0.1) is 13.2 Å². The predicted molar refractivity (Wildman–Crippen MR) is 93.8 cm³/mol. The van der Waals surface area contributed by atoms with Crippen LogP contribution in [0.15, 0.2) is 0 Å². The van der Waals surface area contributed by atoms with E-state index in [1.807, 2.05) is 0 Å². The maximum absolute atomic E-state index is 12.2. The minimum absolute atomic E-state index is 0. The summed E-state index contributed by atoms with van der Waals surface area (Å²) in [5.74, 6) is 0.846. The van der Waals surface area contributed by atoms with Crippen molar-refractivity contribution < 1.29 is 9.53 Å². The number of amides is 1. The Bertz CT molecular complexity index is 326. The Labute approximate surface area is 146 Å². The molecule has 132 valence electrons. The quantitative estimate of drug-likeness (QED) is 0.782. The molecule has 0 bridgehead atoms. The molecule has 0 aromatic carbocycles. The molecular weight excluding hydrogens is 325 g/mol. The molecule has 22 heavy (non-hydrogen) atoms. The summed E-state index contributed by atoms with van der Waals surface area (Å²) >= 11 is 0. The number of hydrogen-bond donors (Lipinski definition) is 2. The van der Waals surface area contributed by atoms with E-state index in [2.05, 4.69) is 24.1 Å². The van der Waals surface area contributed by atoms with Crippen LogP contribution in [0.25, 0.3) is 0 Å². The Morgan fingerprint density at radius 3 is 2.41 bits per heavy atom. The number of hydrogen-bond acceptors (Lipinski definition) is 4. The molecule has 1 saturated carbocycles. The maximum atomic E-state index is 12.2. The second kappa shape index (κ2) is 10.7. The maximum Gasteiger partial charge on any atom is 0.223 e. The highest BCUT2D eigenvalue weighted by Gasteiger charge is 2.29. The number of halogens is 2. The van der Waals surface area contributed by atoms with E-state index in [-0.39, 0.29) is 42.7 Å². The number of nitrogens with two attached hydrogens (primary N) is 1. The highest BCUT2D eigenvalue weighted by Crippen LogP contribution is 2.24. The molecule has 1 aliphatic carbocycles. The van der Waals surface area contributed by atoms with Crippen LogP contribution in [-0.2, 0) is 9.53 Å². The van der Waals surface area contributed by atoms with Gasteiger partial charge in [-0.2, -0.15) is 0 Å². The van der Waals surface area contributed by atoms with Gasteiger partial charge in [-0.1, -0.05) is 13.8 Å². The number of carbonyl (C=O) groups is 1. The molecule has 0 radical (unpaired) electrons. The van der Waals surface area contributed by atoms with E-state index in [4.69, 9.17) is 10.5 Å². The van der Waals surface area contributed by atoms with Gasteiger partial charge < -0.3 is 15.8 Å². The number of ether oxygens (including phenoxy) is 1. The zero-order chi connectivity index (χ0) is 14.5. The average Bonchev–Trinajstić information content (AvgIpc) is 2.86. The lowest BCUT2D eigenvalue weighted by Crippen LogP contribution is -2.51. The summed E-state index contributed by atoms with van der Waals surface area (Å²) in [6.45, 7) is 8.71. The van der Waals surface area contributed by atoms with Gasteiger partial charge in [-0.25, -0.2) is 0 Å². The van der Waals surface area contributed by atoms with Gasteiger partial charge in [0, 0.05) is 37.6 Å². The minimum Gasteiger partial charge on any atom is -0.379 e. The van der Waals surface area contributed by atoms with Gasteiger partial charge in [0.2, 0.25) is 5.91 Å². The summed E-state index contributed by atoms with van der Waals surface area (Å²) in [4.78, 5) is 14.6. The van der Waals surface area contributed by atoms with Crippen LogP contribution in [0.5, 0.6) is 0 Å². The van der Waals surface area contributed by atoms with Crippen molar-refractivity contribution in [1.82, 2.24) is 10.2 Å². The lowest BCUT2D eigenvalue weighted by Gasteiger charge is -2.37. The minimum atomic E-state index is 0. The molecule has 2 rings (SSSR count). The first-order valence-electron chi connectivity index (χ1n) is 7.93. The molecule has 5 nitrogen and oxygen atoms in total. The van der Waals surface area contributed by atoms with E-state index in [9.17, 15) is 4.79 Å².